The summed E-state index contributed by atoms with van der Waals surface area (Å²) in [4.78, 5) is 0. The minimum Gasteiger partial charge on any atom is -0.494 e. The van der Waals surface area contributed by atoms with Gasteiger partial charge in [-0.05, 0) is 41.8 Å². The van der Waals surface area contributed by atoms with Crippen LogP contribution >= 0.6 is 11.6 Å². The van der Waals surface area contributed by atoms with Crippen molar-refractivity contribution in [1.82, 2.24) is 5.43 Å². The zero-order chi connectivity index (χ0) is 15.1. The number of hydrogen-bond acceptors (Lipinski definition) is 3. The lowest BCUT2D eigenvalue weighted by Gasteiger charge is -2.17. The van der Waals surface area contributed by atoms with Gasteiger partial charge in [-0.1, -0.05) is 49.2 Å². The van der Waals surface area contributed by atoms with Gasteiger partial charge in [0.15, 0.2) is 0 Å². The molecular weight excluding hydrogens is 284 g/mol. The van der Waals surface area contributed by atoms with Crippen LogP contribution in [-0.4, -0.2) is 6.61 Å². The Kier molecular flexibility index (Phi) is 6.05. The normalized spacial score (nSPS) is 12.1. The third-order valence-electron chi connectivity index (χ3n) is 3.33. The molecular formula is C17H21ClN2O. The summed E-state index contributed by atoms with van der Waals surface area (Å²) in [5.41, 5.74) is 4.94. The summed E-state index contributed by atoms with van der Waals surface area (Å²) in [5, 5.41) is 0.701. The van der Waals surface area contributed by atoms with E-state index in [4.69, 9.17) is 22.2 Å². The van der Waals surface area contributed by atoms with Gasteiger partial charge in [0, 0.05) is 5.02 Å². The van der Waals surface area contributed by atoms with E-state index in [-0.39, 0.29) is 6.04 Å². The molecule has 0 aromatic heterocycles. The van der Waals surface area contributed by atoms with Gasteiger partial charge in [-0.15, -0.1) is 0 Å². The minimum atomic E-state index is -0.0895. The van der Waals surface area contributed by atoms with Gasteiger partial charge in [0.25, 0.3) is 0 Å². The summed E-state index contributed by atoms with van der Waals surface area (Å²) < 4.78 is 5.67. The molecule has 0 heterocycles. The molecule has 0 aliphatic heterocycles. The monoisotopic (exact) mass is 304 g/mol. The second-order valence-corrected chi connectivity index (χ2v) is 5.36. The zero-order valence-electron chi connectivity index (χ0n) is 12.2. The summed E-state index contributed by atoms with van der Waals surface area (Å²) in [7, 11) is 0. The molecule has 1 atom stereocenters. The fourth-order valence-electron chi connectivity index (χ4n) is 2.16. The van der Waals surface area contributed by atoms with Crippen LogP contribution in [0, 0.1) is 0 Å². The van der Waals surface area contributed by atoms with Crippen molar-refractivity contribution in [3.8, 4) is 5.75 Å². The van der Waals surface area contributed by atoms with Crippen molar-refractivity contribution in [3.05, 3.63) is 64.7 Å². The quantitative estimate of drug-likeness (QED) is 0.460. The lowest BCUT2D eigenvalue weighted by atomic mass is 9.99. The SMILES string of the molecule is CCCCOc1ccc(C(NN)c2cccc(Cl)c2)cc1. The Morgan fingerprint density at radius 3 is 2.52 bits per heavy atom. The van der Waals surface area contributed by atoms with Crippen LogP contribution in [0.25, 0.3) is 0 Å². The molecule has 4 heteroatoms. The van der Waals surface area contributed by atoms with Gasteiger partial charge in [0.2, 0.25) is 0 Å². The molecule has 2 rings (SSSR count). The summed E-state index contributed by atoms with van der Waals surface area (Å²) in [6, 6.07) is 15.6. The molecule has 2 aromatic carbocycles. The Hall–Kier alpha value is -1.55. The number of hydrogen-bond donors (Lipinski definition) is 2. The van der Waals surface area contributed by atoms with E-state index >= 15 is 0 Å². The van der Waals surface area contributed by atoms with Crippen molar-refractivity contribution in [1.29, 1.82) is 0 Å². The van der Waals surface area contributed by atoms with E-state index in [0.717, 1.165) is 36.3 Å². The molecule has 0 radical (unpaired) electrons. The van der Waals surface area contributed by atoms with E-state index in [1.165, 1.54) is 0 Å². The van der Waals surface area contributed by atoms with Gasteiger partial charge in [-0.25, -0.2) is 5.43 Å². The number of ether oxygens (including phenoxy) is 1. The van der Waals surface area contributed by atoms with Crippen LogP contribution in [0.2, 0.25) is 5.02 Å². The molecule has 21 heavy (non-hydrogen) atoms. The molecule has 0 amide bonds. The fourth-order valence-corrected chi connectivity index (χ4v) is 2.36. The lowest BCUT2D eigenvalue weighted by molar-refractivity contribution is 0.309. The molecule has 0 spiro atoms. The predicted molar refractivity (Wildman–Crippen MR) is 87.5 cm³/mol. The van der Waals surface area contributed by atoms with Gasteiger partial charge in [0.05, 0.1) is 12.6 Å². The van der Waals surface area contributed by atoms with Gasteiger partial charge in [-0.3, -0.25) is 5.84 Å². The maximum atomic E-state index is 6.04. The summed E-state index contributed by atoms with van der Waals surface area (Å²) in [6.45, 7) is 2.90. The Bertz CT molecular complexity index is 557. The molecule has 1 unspecified atom stereocenters. The summed E-state index contributed by atoms with van der Waals surface area (Å²) >= 11 is 6.04. The Labute approximate surface area is 131 Å². The highest BCUT2D eigenvalue weighted by Gasteiger charge is 2.12. The standard InChI is InChI=1S/C17H21ClN2O/c1-2-3-11-21-16-9-7-13(8-10-16)17(20-19)14-5-4-6-15(18)12-14/h4-10,12,17,20H,2-3,11,19H2,1H3. The first kappa shape index (κ1) is 15.8. The van der Waals surface area contributed by atoms with Crippen LogP contribution < -0.4 is 16.0 Å². The molecule has 0 fully saturated rings. The van der Waals surface area contributed by atoms with E-state index in [1.54, 1.807) is 0 Å². The topological polar surface area (TPSA) is 47.3 Å². The number of hydrazine groups is 1. The second kappa shape index (κ2) is 8.03. The number of benzene rings is 2. The smallest absolute Gasteiger partial charge is 0.119 e. The van der Waals surface area contributed by atoms with Gasteiger partial charge >= 0.3 is 0 Å². The van der Waals surface area contributed by atoms with Gasteiger partial charge < -0.3 is 4.74 Å². The average molecular weight is 305 g/mol. The number of unbranched alkanes of at least 4 members (excludes halogenated alkanes) is 1. The molecule has 2 aromatic rings. The van der Waals surface area contributed by atoms with Crippen molar-refractivity contribution >= 4 is 11.6 Å². The maximum absolute atomic E-state index is 6.04. The molecule has 0 saturated heterocycles. The van der Waals surface area contributed by atoms with E-state index in [1.807, 2.05) is 48.5 Å². The minimum absolute atomic E-state index is 0.0895. The zero-order valence-corrected chi connectivity index (χ0v) is 12.9. The first-order chi connectivity index (χ1) is 10.2. The highest BCUT2D eigenvalue weighted by Crippen LogP contribution is 2.25. The molecule has 112 valence electrons. The van der Waals surface area contributed by atoms with Crippen LogP contribution in [0.1, 0.15) is 36.9 Å². The molecule has 3 N–H and O–H groups in total. The Morgan fingerprint density at radius 2 is 1.90 bits per heavy atom. The predicted octanol–water partition coefficient (Wildman–Crippen LogP) is 4.07. The Balaban J connectivity index is 2.12. The van der Waals surface area contributed by atoms with Crippen molar-refractivity contribution < 1.29 is 4.74 Å². The largest absolute Gasteiger partial charge is 0.494 e. The van der Waals surface area contributed by atoms with Crippen LogP contribution in [0.4, 0.5) is 0 Å². The third kappa shape index (κ3) is 4.46. The third-order valence-corrected chi connectivity index (χ3v) is 3.56. The Morgan fingerprint density at radius 1 is 1.14 bits per heavy atom. The highest BCUT2D eigenvalue weighted by atomic mass is 35.5. The van der Waals surface area contributed by atoms with Crippen LogP contribution in [0.5, 0.6) is 5.75 Å². The molecule has 0 saturated carbocycles. The van der Waals surface area contributed by atoms with Crippen molar-refractivity contribution in [2.45, 2.75) is 25.8 Å². The van der Waals surface area contributed by atoms with E-state index in [0.29, 0.717) is 5.02 Å². The van der Waals surface area contributed by atoms with Crippen molar-refractivity contribution in [2.75, 3.05) is 6.61 Å². The molecule has 0 aliphatic carbocycles. The van der Waals surface area contributed by atoms with Gasteiger partial charge in [0.1, 0.15) is 5.75 Å². The number of nitrogens with one attached hydrogen (secondary N) is 1. The average Bonchev–Trinajstić information content (AvgIpc) is 2.50. The van der Waals surface area contributed by atoms with E-state index in [9.17, 15) is 0 Å². The van der Waals surface area contributed by atoms with E-state index in [2.05, 4.69) is 12.3 Å². The lowest BCUT2D eigenvalue weighted by Crippen LogP contribution is -2.28. The summed E-state index contributed by atoms with van der Waals surface area (Å²) in [6.07, 6.45) is 2.20. The van der Waals surface area contributed by atoms with Crippen molar-refractivity contribution in [3.63, 3.8) is 0 Å². The number of halogens is 1. The number of nitrogens with two attached hydrogens (primary N) is 1. The molecule has 3 nitrogen and oxygen atoms in total. The second-order valence-electron chi connectivity index (χ2n) is 4.93. The van der Waals surface area contributed by atoms with E-state index < -0.39 is 0 Å². The molecule has 0 aliphatic rings. The van der Waals surface area contributed by atoms with Gasteiger partial charge in [-0.2, -0.15) is 0 Å². The van der Waals surface area contributed by atoms with Crippen molar-refractivity contribution in [2.24, 2.45) is 5.84 Å². The highest BCUT2D eigenvalue weighted by molar-refractivity contribution is 6.30. The van der Waals surface area contributed by atoms with Crippen LogP contribution in [0.15, 0.2) is 48.5 Å². The fraction of sp³-hybridized carbons (Fsp3) is 0.294. The first-order valence-electron chi connectivity index (χ1n) is 7.19. The maximum Gasteiger partial charge on any atom is 0.119 e. The first-order valence-corrected chi connectivity index (χ1v) is 7.56. The number of rotatable bonds is 7. The van der Waals surface area contributed by atoms with Crippen LogP contribution in [-0.2, 0) is 0 Å². The summed E-state index contributed by atoms with van der Waals surface area (Å²) in [5.74, 6) is 6.58. The van der Waals surface area contributed by atoms with Crippen LogP contribution in [0.3, 0.4) is 0 Å². The molecule has 0 bridgehead atoms.